The lowest BCUT2D eigenvalue weighted by Crippen LogP contribution is -2.28. The highest BCUT2D eigenvalue weighted by atomic mass is 16.2. The van der Waals surface area contributed by atoms with E-state index in [4.69, 9.17) is 10.7 Å². The van der Waals surface area contributed by atoms with Crippen LogP contribution in [0.2, 0.25) is 0 Å². The Labute approximate surface area is 181 Å². The lowest BCUT2D eigenvalue weighted by atomic mass is 10.1. The van der Waals surface area contributed by atoms with E-state index in [2.05, 4.69) is 15.2 Å². The summed E-state index contributed by atoms with van der Waals surface area (Å²) in [6, 6.07) is 16.5. The summed E-state index contributed by atoms with van der Waals surface area (Å²) in [7, 11) is 0. The Morgan fingerprint density at radius 3 is 2.48 bits per heavy atom. The largest absolute Gasteiger partial charge is 0.351 e. The molecular weight excluding hydrogens is 390 g/mol. The van der Waals surface area contributed by atoms with Crippen LogP contribution >= 0.6 is 0 Å². The molecule has 0 saturated heterocycles. The zero-order valence-corrected chi connectivity index (χ0v) is 17.6. The van der Waals surface area contributed by atoms with E-state index in [0.717, 1.165) is 54.9 Å². The van der Waals surface area contributed by atoms with Crippen LogP contribution in [0, 0.1) is 0 Å². The zero-order valence-electron chi connectivity index (χ0n) is 17.6. The van der Waals surface area contributed by atoms with E-state index >= 15 is 0 Å². The van der Waals surface area contributed by atoms with E-state index in [-0.39, 0.29) is 11.9 Å². The van der Waals surface area contributed by atoms with Crippen LogP contribution in [0.5, 0.6) is 0 Å². The van der Waals surface area contributed by atoms with Crippen molar-refractivity contribution in [1.82, 2.24) is 14.9 Å². The molecule has 31 heavy (non-hydrogen) atoms. The van der Waals surface area contributed by atoms with Gasteiger partial charge in [0.2, 0.25) is 0 Å². The van der Waals surface area contributed by atoms with Crippen molar-refractivity contribution < 1.29 is 9.59 Å². The second-order valence-electron chi connectivity index (χ2n) is 7.87. The Hall–Kier alpha value is -3.61. The van der Waals surface area contributed by atoms with Crippen molar-refractivity contribution in [2.45, 2.75) is 45.2 Å². The third-order valence-electron chi connectivity index (χ3n) is 5.64. The number of carbonyl (C=O) groups is 2. The van der Waals surface area contributed by atoms with E-state index in [1.165, 1.54) is 0 Å². The van der Waals surface area contributed by atoms with Crippen LogP contribution in [-0.4, -0.2) is 21.5 Å². The molecule has 1 aliphatic heterocycles. The first-order chi connectivity index (χ1) is 15.0. The molecule has 7 heteroatoms. The van der Waals surface area contributed by atoms with Crippen LogP contribution in [0.3, 0.4) is 0 Å². The Morgan fingerprint density at radius 1 is 1.03 bits per heavy atom. The predicted molar refractivity (Wildman–Crippen MR) is 121 cm³/mol. The highest BCUT2D eigenvalue weighted by Crippen LogP contribution is 2.27. The third kappa shape index (κ3) is 4.60. The van der Waals surface area contributed by atoms with E-state index < -0.39 is 6.03 Å². The first kappa shape index (κ1) is 20.7. The van der Waals surface area contributed by atoms with Gasteiger partial charge in [-0.15, -0.1) is 0 Å². The predicted octanol–water partition coefficient (Wildman–Crippen LogP) is 4.26. The molecule has 1 aromatic heterocycles. The number of nitrogens with two attached hydrogens (primary N) is 1. The van der Waals surface area contributed by atoms with Gasteiger partial charge in [-0.2, -0.15) is 0 Å². The molecule has 1 unspecified atom stereocenters. The molecule has 0 aliphatic carbocycles. The van der Waals surface area contributed by atoms with Crippen LogP contribution < -0.4 is 16.4 Å². The minimum absolute atomic E-state index is 0.167. The maximum Gasteiger partial charge on any atom is 0.316 e. The molecule has 1 atom stereocenters. The molecular formula is C24H27N5O2. The average Bonchev–Trinajstić information content (AvgIpc) is 2.95. The number of nitrogens with one attached hydrogen (secondary N) is 2. The SMILES string of the molecule is CC(NC(=O)c1nc(-c2ccccc2)n2c1CCCCC2)c1ccc(NC(N)=O)cc1. The summed E-state index contributed by atoms with van der Waals surface area (Å²) < 4.78 is 2.21. The van der Waals surface area contributed by atoms with Crippen molar-refractivity contribution in [3.63, 3.8) is 0 Å². The number of hydrogen-bond donors (Lipinski definition) is 3. The summed E-state index contributed by atoms with van der Waals surface area (Å²) in [6.45, 7) is 2.81. The number of rotatable bonds is 5. The maximum absolute atomic E-state index is 13.2. The summed E-state index contributed by atoms with van der Waals surface area (Å²) in [5, 5.41) is 5.62. The fourth-order valence-electron chi connectivity index (χ4n) is 4.05. The zero-order chi connectivity index (χ0) is 21.8. The number of nitrogens with zero attached hydrogens (tertiary/aromatic N) is 2. The standard InChI is InChI=1S/C24H27N5O2/c1-16(17-11-13-19(14-12-17)27-24(25)31)26-23(30)21-20-10-6-3-7-15-29(20)22(28-21)18-8-4-2-5-9-18/h2,4-5,8-9,11-14,16H,3,6-7,10,15H2,1H3,(H,26,30)(H3,25,27,31). The maximum atomic E-state index is 13.2. The van der Waals surface area contributed by atoms with Gasteiger partial charge in [0.1, 0.15) is 11.5 Å². The van der Waals surface area contributed by atoms with Gasteiger partial charge in [-0.05, 0) is 43.9 Å². The van der Waals surface area contributed by atoms with Gasteiger partial charge >= 0.3 is 6.03 Å². The van der Waals surface area contributed by atoms with Crippen LogP contribution in [0.15, 0.2) is 54.6 Å². The molecule has 4 N–H and O–H groups in total. The van der Waals surface area contributed by atoms with Crippen LogP contribution in [0.4, 0.5) is 10.5 Å². The van der Waals surface area contributed by atoms with Crippen molar-refractivity contribution in [3.8, 4) is 11.4 Å². The number of urea groups is 1. The molecule has 0 bridgehead atoms. The van der Waals surface area contributed by atoms with Gasteiger partial charge < -0.3 is 20.9 Å². The Kier molecular flexibility index (Phi) is 6.02. The highest BCUT2D eigenvalue weighted by molar-refractivity contribution is 5.94. The van der Waals surface area contributed by atoms with Gasteiger partial charge in [0.05, 0.1) is 11.7 Å². The minimum Gasteiger partial charge on any atom is -0.351 e. The Bertz CT molecular complexity index is 1070. The van der Waals surface area contributed by atoms with E-state index in [1.54, 1.807) is 12.1 Å². The van der Waals surface area contributed by atoms with E-state index in [1.807, 2.05) is 49.4 Å². The average molecular weight is 418 g/mol. The molecule has 7 nitrogen and oxygen atoms in total. The number of imidazole rings is 1. The van der Waals surface area contributed by atoms with Gasteiger partial charge in [-0.1, -0.05) is 48.9 Å². The number of amides is 3. The summed E-state index contributed by atoms with van der Waals surface area (Å²) in [5.74, 6) is 0.692. The van der Waals surface area contributed by atoms with E-state index in [0.29, 0.717) is 11.4 Å². The number of primary amides is 1. The molecule has 0 spiro atoms. The number of anilines is 1. The monoisotopic (exact) mass is 417 g/mol. The number of fused-ring (bicyclic) bond motifs is 1. The van der Waals surface area contributed by atoms with Gasteiger partial charge in [0.15, 0.2) is 0 Å². The molecule has 3 aromatic rings. The molecule has 0 fully saturated rings. The topological polar surface area (TPSA) is 102 Å². The smallest absolute Gasteiger partial charge is 0.316 e. The second-order valence-corrected chi connectivity index (χ2v) is 7.87. The summed E-state index contributed by atoms with van der Waals surface area (Å²) in [6.07, 6.45) is 4.15. The van der Waals surface area contributed by atoms with Crippen molar-refractivity contribution in [1.29, 1.82) is 0 Å². The number of aromatic nitrogens is 2. The molecule has 1 aliphatic rings. The fourth-order valence-corrected chi connectivity index (χ4v) is 4.05. The van der Waals surface area contributed by atoms with Gasteiger partial charge in [0, 0.05) is 17.8 Å². The second kappa shape index (κ2) is 9.04. The Balaban J connectivity index is 1.58. The first-order valence-corrected chi connectivity index (χ1v) is 10.6. The molecule has 0 saturated carbocycles. The quantitative estimate of drug-likeness (QED) is 0.578. The van der Waals surface area contributed by atoms with Crippen molar-refractivity contribution in [2.75, 3.05) is 5.32 Å². The first-order valence-electron chi connectivity index (χ1n) is 10.6. The lowest BCUT2D eigenvalue weighted by molar-refractivity contribution is 0.0934. The van der Waals surface area contributed by atoms with E-state index in [9.17, 15) is 9.59 Å². The van der Waals surface area contributed by atoms with Crippen LogP contribution in [-0.2, 0) is 13.0 Å². The molecule has 3 amide bonds. The summed E-state index contributed by atoms with van der Waals surface area (Å²) in [5.41, 5.74) is 9.24. The van der Waals surface area contributed by atoms with Gasteiger partial charge in [-0.3, -0.25) is 4.79 Å². The molecule has 4 rings (SSSR count). The molecule has 0 radical (unpaired) electrons. The van der Waals surface area contributed by atoms with Crippen molar-refractivity contribution >= 4 is 17.6 Å². The molecule has 160 valence electrons. The molecule has 2 heterocycles. The highest BCUT2D eigenvalue weighted by Gasteiger charge is 2.25. The third-order valence-corrected chi connectivity index (χ3v) is 5.64. The van der Waals surface area contributed by atoms with Crippen molar-refractivity contribution in [2.24, 2.45) is 5.73 Å². The molecule has 2 aromatic carbocycles. The Morgan fingerprint density at radius 2 is 1.77 bits per heavy atom. The summed E-state index contributed by atoms with van der Waals surface area (Å²) >= 11 is 0. The number of hydrogen-bond acceptors (Lipinski definition) is 3. The van der Waals surface area contributed by atoms with Gasteiger partial charge in [-0.25, -0.2) is 9.78 Å². The van der Waals surface area contributed by atoms with Crippen molar-refractivity contribution in [3.05, 3.63) is 71.5 Å². The number of carbonyl (C=O) groups excluding carboxylic acids is 2. The summed E-state index contributed by atoms with van der Waals surface area (Å²) in [4.78, 5) is 29.0. The minimum atomic E-state index is -0.608. The lowest BCUT2D eigenvalue weighted by Gasteiger charge is -2.15. The fraction of sp³-hybridized carbons (Fsp3) is 0.292. The van der Waals surface area contributed by atoms with Crippen LogP contribution in [0.25, 0.3) is 11.4 Å². The van der Waals surface area contributed by atoms with Crippen LogP contribution in [0.1, 0.15) is 54.0 Å². The van der Waals surface area contributed by atoms with Gasteiger partial charge in [0.25, 0.3) is 5.91 Å². The number of benzene rings is 2. The normalized spacial score (nSPS) is 14.2.